The van der Waals surface area contributed by atoms with Gasteiger partial charge in [-0.1, -0.05) is 36.4 Å². The van der Waals surface area contributed by atoms with E-state index in [0.29, 0.717) is 0 Å². The molecule has 0 unspecified atom stereocenters. The smallest absolute Gasteiger partial charge is 0.211 e. The number of hydrogen-bond acceptors (Lipinski definition) is 5. The largest absolute Gasteiger partial charge is 0.454 e. The molecular formula is C25H20N4OS. The van der Waals surface area contributed by atoms with E-state index in [1.54, 1.807) is 12.4 Å². The zero-order valence-corrected chi connectivity index (χ0v) is 18.0. The summed E-state index contributed by atoms with van der Waals surface area (Å²) in [6.45, 7) is 4.13. The predicted molar refractivity (Wildman–Crippen MR) is 126 cm³/mol. The van der Waals surface area contributed by atoms with Crippen LogP contribution in [0.3, 0.4) is 0 Å². The van der Waals surface area contributed by atoms with Crippen LogP contribution >= 0.6 is 11.3 Å². The van der Waals surface area contributed by atoms with Crippen LogP contribution in [0.5, 0.6) is 0 Å². The molecule has 0 aliphatic heterocycles. The number of aromatic nitrogens is 2. The van der Waals surface area contributed by atoms with Crippen LogP contribution in [-0.4, -0.2) is 15.9 Å². The van der Waals surface area contributed by atoms with Gasteiger partial charge in [-0.2, -0.15) is 5.10 Å². The van der Waals surface area contributed by atoms with Crippen molar-refractivity contribution in [1.29, 1.82) is 0 Å². The van der Waals surface area contributed by atoms with E-state index in [2.05, 4.69) is 37.0 Å². The van der Waals surface area contributed by atoms with Gasteiger partial charge in [0.2, 0.25) is 4.80 Å². The predicted octanol–water partition coefficient (Wildman–Crippen LogP) is 6.09. The van der Waals surface area contributed by atoms with E-state index in [9.17, 15) is 0 Å². The molecule has 0 aliphatic carbocycles. The van der Waals surface area contributed by atoms with Crippen molar-refractivity contribution in [3.05, 3.63) is 99.9 Å². The van der Waals surface area contributed by atoms with Gasteiger partial charge in [-0.15, -0.1) is 11.3 Å². The molecule has 2 aromatic carbocycles. The van der Waals surface area contributed by atoms with Crippen LogP contribution in [0.1, 0.15) is 16.8 Å². The van der Waals surface area contributed by atoms with E-state index in [1.807, 2.05) is 58.6 Å². The average molecular weight is 425 g/mol. The lowest BCUT2D eigenvalue weighted by molar-refractivity contribution is 0.622. The Kier molecular flexibility index (Phi) is 5.06. The fourth-order valence-corrected chi connectivity index (χ4v) is 4.11. The number of rotatable bonds is 4. The Bertz CT molecular complexity index is 1420. The highest BCUT2D eigenvalue weighted by molar-refractivity contribution is 7.07. The van der Waals surface area contributed by atoms with E-state index in [1.165, 1.54) is 16.9 Å². The summed E-state index contributed by atoms with van der Waals surface area (Å²) in [5, 5.41) is 7.80. The maximum absolute atomic E-state index is 6.11. The van der Waals surface area contributed by atoms with Gasteiger partial charge in [-0.3, -0.25) is 4.98 Å². The lowest BCUT2D eigenvalue weighted by Gasteiger charge is -2.03. The molecule has 0 spiro atoms. The molecule has 3 aromatic heterocycles. The first kappa shape index (κ1) is 19.2. The van der Waals surface area contributed by atoms with Gasteiger partial charge in [0.05, 0.1) is 17.6 Å². The summed E-state index contributed by atoms with van der Waals surface area (Å²) >= 11 is 1.53. The molecule has 6 heteroatoms. The maximum atomic E-state index is 6.11. The van der Waals surface area contributed by atoms with Crippen molar-refractivity contribution < 1.29 is 4.42 Å². The quantitative estimate of drug-likeness (QED) is 0.328. The Morgan fingerprint density at radius 3 is 2.71 bits per heavy atom. The molecule has 0 radical (unpaired) electrons. The molecule has 0 saturated heterocycles. The number of aryl methyl sites for hydroxylation is 2. The van der Waals surface area contributed by atoms with Crippen molar-refractivity contribution in [2.75, 3.05) is 0 Å². The van der Waals surface area contributed by atoms with Crippen molar-refractivity contribution in [2.45, 2.75) is 13.8 Å². The van der Waals surface area contributed by atoms with Gasteiger partial charge in [0.25, 0.3) is 0 Å². The van der Waals surface area contributed by atoms with Gasteiger partial charge in [0.1, 0.15) is 11.3 Å². The summed E-state index contributed by atoms with van der Waals surface area (Å²) in [7, 11) is 0. The monoisotopic (exact) mass is 424 g/mol. The van der Waals surface area contributed by atoms with E-state index in [0.717, 1.165) is 44.2 Å². The summed E-state index contributed by atoms with van der Waals surface area (Å²) in [5.41, 5.74) is 5.68. The first-order valence-electron chi connectivity index (χ1n) is 9.94. The first-order chi connectivity index (χ1) is 15.2. The number of pyridine rings is 1. The molecule has 5 nitrogen and oxygen atoms in total. The summed E-state index contributed by atoms with van der Waals surface area (Å²) < 4.78 is 7.93. The third-order valence-electron chi connectivity index (χ3n) is 4.94. The summed E-state index contributed by atoms with van der Waals surface area (Å²) in [5.74, 6) is 0.748. The van der Waals surface area contributed by atoms with Crippen LogP contribution in [-0.2, 0) is 0 Å². The zero-order valence-electron chi connectivity index (χ0n) is 17.2. The van der Waals surface area contributed by atoms with Crippen LogP contribution in [0.2, 0.25) is 0 Å². The van der Waals surface area contributed by atoms with E-state index in [4.69, 9.17) is 14.5 Å². The molecule has 0 aliphatic rings. The van der Waals surface area contributed by atoms with Gasteiger partial charge in [-0.05, 0) is 55.3 Å². The summed E-state index contributed by atoms with van der Waals surface area (Å²) in [6.07, 6.45) is 3.49. The molecule has 152 valence electrons. The second-order valence-corrected chi connectivity index (χ2v) is 8.10. The topological polar surface area (TPSA) is 55.7 Å². The van der Waals surface area contributed by atoms with E-state index in [-0.39, 0.29) is 0 Å². The van der Waals surface area contributed by atoms with Crippen LogP contribution in [0.25, 0.3) is 22.4 Å². The minimum absolute atomic E-state index is 0.748. The third kappa shape index (κ3) is 3.98. The van der Waals surface area contributed by atoms with Crippen LogP contribution in [0.15, 0.2) is 92.8 Å². The number of fused-ring (bicyclic) bond motifs is 1. The normalized spacial score (nSPS) is 12.3. The van der Waals surface area contributed by atoms with Gasteiger partial charge in [-0.25, -0.2) is 9.67 Å². The highest BCUT2D eigenvalue weighted by Crippen LogP contribution is 2.28. The SMILES string of the molecule is Cc1ccc(C)c(N=c2scc(-c3cc4ccccc4o3)n2N=Cc2ccccn2)c1. The van der Waals surface area contributed by atoms with Crippen molar-refractivity contribution in [2.24, 2.45) is 10.1 Å². The highest BCUT2D eigenvalue weighted by atomic mass is 32.1. The molecule has 0 N–H and O–H groups in total. The Morgan fingerprint density at radius 1 is 1.00 bits per heavy atom. The molecule has 0 amide bonds. The van der Waals surface area contributed by atoms with E-state index >= 15 is 0 Å². The number of benzene rings is 2. The summed E-state index contributed by atoms with van der Waals surface area (Å²) in [6, 6.07) is 22.0. The molecule has 5 aromatic rings. The number of para-hydroxylation sites is 1. The minimum Gasteiger partial charge on any atom is -0.454 e. The van der Waals surface area contributed by atoms with Crippen LogP contribution in [0.4, 0.5) is 5.69 Å². The Hall–Kier alpha value is -3.77. The molecule has 3 heterocycles. The van der Waals surface area contributed by atoms with Gasteiger partial charge < -0.3 is 4.42 Å². The average Bonchev–Trinajstić information content (AvgIpc) is 3.39. The lowest BCUT2D eigenvalue weighted by atomic mass is 10.1. The first-order valence-corrected chi connectivity index (χ1v) is 10.8. The second-order valence-electron chi connectivity index (χ2n) is 7.26. The second kappa shape index (κ2) is 8.16. The Labute approximate surface area is 183 Å². The van der Waals surface area contributed by atoms with Crippen LogP contribution in [0, 0.1) is 13.8 Å². The fraction of sp³-hybridized carbons (Fsp3) is 0.0800. The van der Waals surface area contributed by atoms with Crippen molar-refractivity contribution in [3.8, 4) is 11.5 Å². The zero-order chi connectivity index (χ0) is 21.2. The van der Waals surface area contributed by atoms with Gasteiger partial charge in [0, 0.05) is 17.0 Å². The number of furan rings is 1. The molecule has 5 rings (SSSR count). The maximum Gasteiger partial charge on any atom is 0.211 e. The van der Waals surface area contributed by atoms with Crippen molar-refractivity contribution in [3.63, 3.8) is 0 Å². The third-order valence-corrected chi connectivity index (χ3v) is 5.75. The molecule has 0 atom stereocenters. The van der Waals surface area contributed by atoms with Crippen LogP contribution < -0.4 is 4.80 Å². The van der Waals surface area contributed by atoms with Gasteiger partial charge in [0.15, 0.2) is 5.76 Å². The number of thiazole rings is 1. The van der Waals surface area contributed by atoms with Crippen molar-refractivity contribution >= 4 is 34.2 Å². The molecular weight excluding hydrogens is 404 g/mol. The van der Waals surface area contributed by atoms with Crippen molar-refractivity contribution in [1.82, 2.24) is 9.66 Å². The van der Waals surface area contributed by atoms with Gasteiger partial charge >= 0.3 is 0 Å². The minimum atomic E-state index is 0.748. The van der Waals surface area contributed by atoms with E-state index < -0.39 is 0 Å². The number of nitrogens with zero attached hydrogens (tertiary/aromatic N) is 4. The lowest BCUT2D eigenvalue weighted by Crippen LogP contribution is -2.11. The summed E-state index contributed by atoms with van der Waals surface area (Å²) in [4.78, 5) is 10.0. The number of hydrogen-bond donors (Lipinski definition) is 0. The molecule has 0 bridgehead atoms. The highest BCUT2D eigenvalue weighted by Gasteiger charge is 2.13. The molecule has 0 fully saturated rings. The Morgan fingerprint density at radius 2 is 1.87 bits per heavy atom. The molecule has 0 saturated carbocycles. The molecule has 31 heavy (non-hydrogen) atoms. The standard InChI is InChI=1S/C25H20N4OS/c1-17-10-11-18(2)21(13-17)28-25-29(27-15-20-8-5-6-12-26-20)22(16-31-25)24-14-19-7-3-4-9-23(19)30-24/h3-16H,1-2H3. The fourth-order valence-electron chi connectivity index (χ4n) is 3.28. The Balaban J connectivity index is 1.69.